The summed E-state index contributed by atoms with van der Waals surface area (Å²) in [6.07, 6.45) is 10.3. The molecule has 3 amide bonds. The van der Waals surface area contributed by atoms with Crippen LogP contribution < -0.4 is 14.9 Å². The Morgan fingerprint density at radius 1 is 0.840 bits per heavy atom. The summed E-state index contributed by atoms with van der Waals surface area (Å²) in [5, 5.41) is 14.5. The van der Waals surface area contributed by atoms with E-state index >= 15 is 0 Å². The zero-order chi connectivity index (χ0) is 35.7. The van der Waals surface area contributed by atoms with Crippen molar-refractivity contribution < 1.29 is 27.9 Å². The van der Waals surface area contributed by atoms with E-state index in [0.717, 1.165) is 37.2 Å². The Morgan fingerprint density at radius 3 is 2.14 bits per heavy atom. The minimum absolute atomic E-state index is 0.0103. The molecule has 2 aliphatic rings. The van der Waals surface area contributed by atoms with Crippen LogP contribution in [0.4, 0.5) is 16.2 Å². The van der Waals surface area contributed by atoms with Gasteiger partial charge in [0.15, 0.2) is 0 Å². The molecule has 0 spiro atoms. The molecule has 0 atom stereocenters. The van der Waals surface area contributed by atoms with Gasteiger partial charge in [-0.05, 0) is 98.9 Å². The zero-order valence-corrected chi connectivity index (χ0v) is 30.0. The molecule has 10 nitrogen and oxygen atoms in total. The number of carbonyl (C=O) groups excluding carboxylic acids is 2. The fourth-order valence-corrected chi connectivity index (χ4v) is 9.28. The maximum atomic E-state index is 14.1. The predicted octanol–water partition coefficient (Wildman–Crippen LogP) is 7.59. The van der Waals surface area contributed by atoms with E-state index in [4.69, 9.17) is 5.11 Å². The predicted molar refractivity (Wildman–Crippen MR) is 196 cm³/mol. The molecular formula is C39H50N4O6S. The van der Waals surface area contributed by atoms with E-state index in [-0.39, 0.29) is 42.4 Å². The number of carbonyl (C=O) groups is 3. The number of carboxylic acids is 1. The molecule has 0 unspecified atom stereocenters. The molecule has 0 heterocycles. The first-order chi connectivity index (χ1) is 24.1. The average Bonchev–Trinajstić information content (AvgIpc) is 3.12. The molecule has 268 valence electrons. The minimum Gasteiger partial charge on any atom is -0.481 e. The van der Waals surface area contributed by atoms with Crippen molar-refractivity contribution in [1.82, 2.24) is 10.2 Å². The largest absolute Gasteiger partial charge is 0.481 e. The number of amides is 3. The monoisotopic (exact) mass is 702 g/mol. The summed E-state index contributed by atoms with van der Waals surface area (Å²) in [6, 6.07) is 20.7. The van der Waals surface area contributed by atoms with Gasteiger partial charge in [0.05, 0.1) is 17.0 Å². The standard InChI is InChI=1S/C39H50N4O6S/c1-3-43(35-12-8-5-9-13-35)50(48,49)36-26-33(21-14-28(36)2)41-39(47)42(34-22-19-31(20-23-34)30-10-6-4-7-11-30)27-29-15-17-32(18-16-29)38(46)40-25-24-37(44)45/h5,8-9,12-18,21,26,30-31,34H,3-4,6-7,10-11,19-20,22-25,27H2,1-2H3,(H,40,46)(H,41,47)(H,44,45)/t31-,34-. The fourth-order valence-electron chi connectivity index (χ4n) is 7.56. The SMILES string of the molecule is CCN(c1ccccc1)S(=O)(=O)c1cc(NC(=O)N(Cc2ccc(C(=O)NCCC(=O)O)cc2)[C@H]2CC[C@H](C3CCCCC3)CC2)ccc1C. The Balaban J connectivity index is 1.35. The first-order valence-electron chi connectivity index (χ1n) is 17.9. The third-order valence-electron chi connectivity index (χ3n) is 10.3. The number of aliphatic carboxylic acids is 1. The number of sulfonamides is 1. The van der Waals surface area contributed by atoms with E-state index in [1.165, 1.54) is 36.4 Å². The van der Waals surface area contributed by atoms with Gasteiger partial charge in [0.2, 0.25) is 0 Å². The van der Waals surface area contributed by atoms with Crippen LogP contribution in [0.3, 0.4) is 0 Å². The Bertz CT molecular complexity index is 1720. The maximum absolute atomic E-state index is 14.1. The summed E-state index contributed by atoms with van der Waals surface area (Å²) in [6.45, 7) is 4.16. The molecule has 0 aliphatic heterocycles. The number of hydrogen-bond donors (Lipinski definition) is 3. The number of urea groups is 1. The zero-order valence-electron chi connectivity index (χ0n) is 29.1. The third kappa shape index (κ3) is 9.24. The summed E-state index contributed by atoms with van der Waals surface area (Å²) in [4.78, 5) is 39.5. The lowest BCUT2D eigenvalue weighted by Crippen LogP contribution is -2.44. The first kappa shape index (κ1) is 36.9. The molecule has 50 heavy (non-hydrogen) atoms. The molecule has 5 rings (SSSR count). The van der Waals surface area contributed by atoms with Gasteiger partial charge < -0.3 is 20.6 Å². The molecule has 2 saturated carbocycles. The highest BCUT2D eigenvalue weighted by Crippen LogP contribution is 2.40. The fraction of sp³-hybridized carbons (Fsp3) is 0.462. The van der Waals surface area contributed by atoms with Crippen LogP contribution in [0.2, 0.25) is 0 Å². The van der Waals surface area contributed by atoms with Gasteiger partial charge in [-0.2, -0.15) is 0 Å². The van der Waals surface area contributed by atoms with Crippen molar-refractivity contribution in [1.29, 1.82) is 0 Å². The van der Waals surface area contributed by atoms with Gasteiger partial charge in [-0.1, -0.05) is 68.5 Å². The second-order valence-electron chi connectivity index (χ2n) is 13.6. The van der Waals surface area contributed by atoms with Crippen LogP contribution in [-0.4, -0.2) is 55.5 Å². The van der Waals surface area contributed by atoms with E-state index in [0.29, 0.717) is 35.0 Å². The van der Waals surface area contributed by atoms with Gasteiger partial charge in [0, 0.05) is 36.9 Å². The molecule has 0 saturated heterocycles. The summed E-state index contributed by atoms with van der Waals surface area (Å²) in [5.74, 6) is 0.122. The van der Waals surface area contributed by atoms with Gasteiger partial charge in [0.25, 0.3) is 15.9 Å². The van der Waals surface area contributed by atoms with E-state index in [1.54, 1.807) is 68.4 Å². The normalized spacial score (nSPS) is 18.2. The van der Waals surface area contributed by atoms with Gasteiger partial charge >= 0.3 is 12.0 Å². The minimum atomic E-state index is -3.91. The highest BCUT2D eigenvalue weighted by Gasteiger charge is 2.33. The number of para-hydroxylation sites is 1. The summed E-state index contributed by atoms with van der Waals surface area (Å²) in [7, 11) is -3.91. The van der Waals surface area contributed by atoms with E-state index in [1.807, 2.05) is 23.1 Å². The van der Waals surface area contributed by atoms with Gasteiger partial charge in [-0.15, -0.1) is 0 Å². The van der Waals surface area contributed by atoms with Crippen LogP contribution in [-0.2, 0) is 21.4 Å². The van der Waals surface area contributed by atoms with Gasteiger partial charge in [-0.3, -0.25) is 13.9 Å². The highest BCUT2D eigenvalue weighted by atomic mass is 32.2. The van der Waals surface area contributed by atoms with Crippen molar-refractivity contribution in [2.24, 2.45) is 11.8 Å². The number of benzene rings is 3. The number of anilines is 2. The molecule has 3 N–H and O–H groups in total. The number of rotatable bonds is 13. The van der Waals surface area contributed by atoms with Crippen molar-refractivity contribution in [3.8, 4) is 0 Å². The second-order valence-corrected chi connectivity index (χ2v) is 15.4. The van der Waals surface area contributed by atoms with E-state index in [2.05, 4.69) is 10.6 Å². The molecule has 2 aliphatic carbocycles. The van der Waals surface area contributed by atoms with Crippen LogP contribution in [0.1, 0.15) is 92.6 Å². The lowest BCUT2D eigenvalue weighted by molar-refractivity contribution is -0.136. The van der Waals surface area contributed by atoms with Crippen LogP contribution in [0.25, 0.3) is 0 Å². The van der Waals surface area contributed by atoms with Crippen LogP contribution in [0, 0.1) is 18.8 Å². The van der Waals surface area contributed by atoms with Crippen LogP contribution >= 0.6 is 0 Å². The lowest BCUT2D eigenvalue weighted by Gasteiger charge is -2.40. The molecule has 2 fully saturated rings. The van der Waals surface area contributed by atoms with E-state index < -0.39 is 16.0 Å². The van der Waals surface area contributed by atoms with Crippen molar-refractivity contribution in [3.05, 3.63) is 89.5 Å². The Kier molecular flexibility index (Phi) is 12.6. The van der Waals surface area contributed by atoms with Gasteiger partial charge in [-0.25, -0.2) is 13.2 Å². The van der Waals surface area contributed by atoms with Gasteiger partial charge in [0.1, 0.15) is 0 Å². The molecule has 0 aromatic heterocycles. The number of nitrogens with zero attached hydrogens (tertiary/aromatic N) is 2. The Morgan fingerprint density at radius 2 is 1.50 bits per heavy atom. The Hall–Kier alpha value is -4.38. The van der Waals surface area contributed by atoms with Crippen LogP contribution in [0.5, 0.6) is 0 Å². The molecule has 0 bridgehead atoms. The number of aryl methyl sites for hydroxylation is 1. The number of hydrogen-bond acceptors (Lipinski definition) is 5. The quantitative estimate of drug-likeness (QED) is 0.168. The third-order valence-corrected chi connectivity index (χ3v) is 12.3. The lowest BCUT2D eigenvalue weighted by atomic mass is 9.72. The summed E-state index contributed by atoms with van der Waals surface area (Å²) < 4.78 is 29.2. The maximum Gasteiger partial charge on any atom is 0.322 e. The van der Waals surface area contributed by atoms with E-state index in [9.17, 15) is 22.8 Å². The second kappa shape index (κ2) is 17.0. The topological polar surface area (TPSA) is 136 Å². The average molecular weight is 703 g/mol. The smallest absolute Gasteiger partial charge is 0.322 e. The van der Waals surface area contributed by atoms with Crippen molar-refractivity contribution in [2.45, 2.75) is 95.5 Å². The molecule has 3 aromatic rings. The summed E-state index contributed by atoms with van der Waals surface area (Å²) in [5.41, 5.74) is 2.82. The van der Waals surface area contributed by atoms with Crippen molar-refractivity contribution in [3.63, 3.8) is 0 Å². The van der Waals surface area contributed by atoms with Crippen molar-refractivity contribution >= 4 is 39.3 Å². The number of nitrogens with one attached hydrogen (secondary N) is 2. The van der Waals surface area contributed by atoms with Crippen LogP contribution in [0.15, 0.2) is 77.7 Å². The van der Waals surface area contributed by atoms with Crippen molar-refractivity contribution in [2.75, 3.05) is 22.7 Å². The molecule has 0 radical (unpaired) electrons. The molecular weight excluding hydrogens is 653 g/mol. The molecule has 3 aromatic carbocycles. The number of carboxylic acid groups (broad SMARTS) is 1. The highest BCUT2D eigenvalue weighted by molar-refractivity contribution is 7.92. The summed E-state index contributed by atoms with van der Waals surface area (Å²) >= 11 is 0. The Labute approximate surface area is 296 Å². The molecule has 11 heteroatoms. The first-order valence-corrected chi connectivity index (χ1v) is 19.4.